The Morgan fingerprint density at radius 2 is 2.00 bits per heavy atom. The van der Waals surface area contributed by atoms with E-state index in [4.69, 9.17) is 14.2 Å². The molecule has 2 heterocycles. The Kier molecular flexibility index (Phi) is 4.36. The smallest absolute Gasteiger partial charge is 0.302 e. The van der Waals surface area contributed by atoms with Gasteiger partial charge in [-0.2, -0.15) is 0 Å². The number of carbonyl (C=O) groups excluding carboxylic acids is 2. The number of ether oxygens (including phenoxy) is 3. The first-order valence-corrected chi connectivity index (χ1v) is 11.3. The fraction of sp³-hybridized carbons (Fsp3) is 0.913. The van der Waals surface area contributed by atoms with E-state index in [2.05, 4.69) is 13.8 Å². The van der Waals surface area contributed by atoms with Gasteiger partial charge in [-0.15, -0.1) is 0 Å². The molecule has 4 saturated carbocycles. The van der Waals surface area contributed by atoms with Gasteiger partial charge in [0.25, 0.3) is 0 Å². The van der Waals surface area contributed by atoms with Crippen LogP contribution in [-0.4, -0.2) is 60.3 Å². The van der Waals surface area contributed by atoms with E-state index in [0.717, 1.165) is 19.3 Å². The second-order valence-electron chi connectivity index (χ2n) is 11.1. The van der Waals surface area contributed by atoms with Crippen molar-refractivity contribution in [2.75, 3.05) is 20.3 Å². The molecular weight excluding hydrogens is 388 g/mol. The van der Waals surface area contributed by atoms with Gasteiger partial charge in [-0.25, -0.2) is 0 Å². The van der Waals surface area contributed by atoms with E-state index in [1.165, 1.54) is 6.92 Å². The molecule has 4 aliphatic carbocycles. The molecule has 0 amide bonds. The average Bonchev–Trinajstić information content (AvgIpc) is 2.88. The van der Waals surface area contributed by atoms with Crippen molar-refractivity contribution in [2.45, 2.75) is 70.9 Å². The van der Waals surface area contributed by atoms with Crippen molar-refractivity contribution in [1.29, 1.82) is 0 Å². The minimum Gasteiger partial charge on any atom is -0.462 e. The van der Waals surface area contributed by atoms with Crippen molar-refractivity contribution in [3.05, 3.63) is 0 Å². The summed E-state index contributed by atoms with van der Waals surface area (Å²) < 4.78 is 17.3. The lowest BCUT2D eigenvalue weighted by Gasteiger charge is -2.74. The standard InChI is InChI=1S/C23H34O7/c1-12(24)30-16-7-8-20(2,3)17-19(26)23(27)22-9-13(14(10-28-4)18(22)25)5-6-15(22)21(16,17)11-29-23/h13-17,19,26-27H,5-11H2,1-4H3/t13-,14-,15+,16+,17-,19+,21-,22+,23-/m1/s1. The van der Waals surface area contributed by atoms with Crippen LogP contribution in [-0.2, 0) is 23.8 Å². The Morgan fingerprint density at radius 1 is 1.27 bits per heavy atom. The molecule has 2 aliphatic heterocycles. The van der Waals surface area contributed by atoms with Gasteiger partial charge >= 0.3 is 5.97 Å². The number of carbonyl (C=O) groups is 2. The lowest BCUT2D eigenvalue weighted by Crippen LogP contribution is -2.83. The summed E-state index contributed by atoms with van der Waals surface area (Å²) in [5.41, 5.74) is -2.13. The van der Waals surface area contributed by atoms with E-state index in [1.807, 2.05) is 0 Å². The number of ketones is 1. The van der Waals surface area contributed by atoms with Gasteiger partial charge in [0.1, 0.15) is 18.0 Å². The zero-order valence-corrected chi connectivity index (χ0v) is 18.3. The maximum atomic E-state index is 13.9. The van der Waals surface area contributed by atoms with Gasteiger partial charge in [-0.3, -0.25) is 9.59 Å². The average molecular weight is 423 g/mol. The fourth-order valence-corrected chi connectivity index (χ4v) is 8.75. The monoisotopic (exact) mass is 422 g/mol. The summed E-state index contributed by atoms with van der Waals surface area (Å²) >= 11 is 0. The molecule has 0 unspecified atom stereocenters. The maximum Gasteiger partial charge on any atom is 0.302 e. The molecule has 0 aromatic heterocycles. The topological polar surface area (TPSA) is 102 Å². The number of aliphatic hydroxyl groups is 2. The van der Waals surface area contributed by atoms with Gasteiger partial charge in [-0.05, 0) is 49.4 Å². The number of methoxy groups -OCH3 is 1. The number of esters is 1. The third kappa shape index (κ3) is 2.15. The van der Waals surface area contributed by atoms with Gasteiger partial charge in [0.2, 0.25) is 5.79 Å². The van der Waals surface area contributed by atoms with Crippen molar-refractivity contribution in [3.63, 3.8) is 0 Å². The van der Waals surface area contributed by atoms with Gasteiger partial charge in [-0.1, -0.05) is 13.8 Å². The van der Waals surface area contributed by atoms with E-state index in [-0.39, 0.29) is 47.4 Å². The molecule has 6 fully saturated rings. The van der Waals surface area contributed by atoms with Gasteiger partial charge in [0, 0.05) is 31.3 Å². The Bertz CT molecular complexity index is 780. The highest BCUT2D eigenvalue weighted by molar-refractivity contribution is 5.92. The summed E-state index contributed by atoms with van der Waals surface area (Å²) in [6.45, 7) is 6.15. The normalized spacial score (nSPS) is 53.2. The van der Waals surface area contributed by atoms with Crippen LogP contribution in [0.5, 0.6) is 0 Å². The van der Waals surface area contributed by atoms with E-state index < -0.39 is 28.8 Å². The van der Waals surface area contributed by atoms with Crippen LogP contribution in [0.1, 0.15) is 52.9 Å². The molecule has 6 aliphatic rings. The van der Waals surface area contributed by atoms with Crippen LogP contribution in [0.25, 0.3) is 0 Å². The third-order valence-electron chi connectivity index (χ3n) is 9.62. The van der Waals surface area contributed by atoms with Crippen molar-refractivity contribution in [1.82, 2.24) is 0 Å². The second kappa shape index (κ2) is 6.27. The zero-order chi connectivity index (χ0) is 21.7. The number of Topliss-reactive ketones (excluding diaryl/α,β-unsaturated/α-hetero) is 1. The molecule has 0 aromatic carbocycles. The summed E-state index contributed by atoms with van der Waals surface area (Å²) in [4.78, 5) is 25.9. The van der Waals surface area contributed by atoms with Crippen LogP contribution in [0.15, 0.2) is 0 Å². The summed E-state index contributed by atoms with van der Waals surface area (Å²) in [6.07, 6.45) is 1.94. The highest BCUT2D eigenvalue weighted by Gasteiger charge is 2.85. The molecule has 0 aromatic rings. The number of aliphatic hydroxyl groups excluding tert-OH is 1. The van der Waals surface area contributed by atoms with Crippen molar-refractivity contribution >= 4 is 11.8 Å². The molecule has 2 N–H and O–H groups in total. The molecule has 6 rings (SSSR count). The summed E-state index contributed by atoms with van der Waals surface area (Å²) in [5, 5.41) is 23.5. The number of hydrogen-bond acceptors (Lipinski definition) is 7. The Labute approximate surface area is 177 Å². The van der Waals surface area contributed by atoms with E-state index in [1.54, 1.807) is 7.11 Å². The molecule has 9 atom stereocenters. The van der Waals surface area contributed by atoms with Crippen molar-refractivity contribution < 1.29 is 34.0 Å². The molecule has 2 saturated heterocycles. The molecule has 4 bridgehead atoms. The summed E-state index contributed by atoms with van der Waals surface area (Å²) in [5.74, 6) is -2.98. The first-order chi connectivity index (χ1) is 14.1. The molecular formula is C23H34O7. The zero-order valence-electron chi connectivity index (χ0n) is 18.3. The Morgan fingerprint density at radius 3 is 2.67 bits per heavy atom. The molecule has 2 spiro atoms. The van der Waals surface area contributed by atoms with Crippen LogP contribution in [0.4, 0.5) is 0 Å². The largest absolute Gasteiger partial charge is 0.462 e. The molecule has 0 radical (unpaired) electrons. The van der Waals surface area contributed by atoms with E-state index in [9.17, 15) is 19.8 Å². The van der Waals surface area contributed by atoms with Gasteiger partial charge in [0.05, 0.1) is 18.6 Å². The lowest BCUT2D eigenvalue weighted by molar-refractivity contribution is -0.448. The highest BCUT2D eigenvalue weighted by Crippen LogP contribution is 2.76. The van der Waals surface area contributed by atoms with Crippen LogP contribution < -0.4 is 0 Å². The van der Waals surface area contributed by atoms with E-state index in [0.29, 0.717) is 19.4 Å². The number of fused-ring (bicyclic) bond motifs is 2. The van der Waals surface area contributed by atoms with Crippen molar-refractivity contribution in [3.8, 4) is 0 Å². The first kappa shape index (κ1) is 20.9. The Hall–Kier alpha value is -1.02. The highest BCUT2D eigenvalue weighted by atomic mass is 16.6. The van der Waals surface area contributed by atoms with Crippen LogP contribution in [0.3, 0.4) is 0 Å². The summed E-state index contributed by atoms with van der Waals surface area (Å²) in [7, 11) is 1.59. The maximum absolute atomic E-state index is 13.9. The van der Waals surface area contributed by atoms with Gasteiger partial charge in [0.15, 0.2) is 0 Å². The lowest BCUT2D eigenvalue weighted by atomic mass is 9.36. The molecule has 30 heavy (non-hydrogen) atoms. The SMILES string of the molecule is COC[C@H]1C(=O)[C@]23C[C@H]1CC[C@H]2[C@@]12CO[C@]3(O)[C@@H](O)[C@@H]1C(C)(C)CC[C@@H]2OC(C)=O. The summed E-state index contributed by atoms with van der Waals surface area (Å²) in [6, 6.07) is 0. The Balaban J connectivity index is 1.71. The van der Waals surface area contributed by atoms with Crippen LogP contribution >= 0.6 is 0 Å². The van der Waals surface area contributed by atoms with Crippen LogP contribution in [0.2, 0.25) is 0 Å². The van der Waals surface area contributed by atoms with E-state index >= 15 is 0 Å². The first-order valence-electron chi connectivity index (χ1n) is 11.3. The fourth-order valence-electron chi connectivity index (χ4n) is 8.75. The second-order valence-corrected chi connectivity index (χ2v) is 11.1. The minimum atomic E-state index is -1.91. The molecule has 168 valence electrons. The number of hydrogen-bond donors (Lipinski definition) is 2. The minimum absolute atomic E-state index is 0.0409. The quantitative estimate of drug-likeness (QED) is 0.667. The van der Waals surface area contributed by atoms with Gasteiger partial charge < -0.3 is 24.4 Å². The molecule has 7 heteroatoms. The number of rotatable bonds is 3. The third-order valence-corrected chi connectivity index (χ3v) is 9.62. The van der Waals surface area contributed by atoms with Crippen molar-refractivity contribution in [2.24, 2.45) is 39.9 Å². The molecule has 7 nitrogen and oxygen atoms in total. The predicted octanol–water partition coefficient (Wildman–Crippen LogP) is 1.68. The van der Waals surface area contributed by atoms with Crippen LogP contribution in [0, 0.1) is 39.9 Å². The predicted molar refractivity (Wildman–Crippen MR) is 105 cm³/mol.